The number of anilines is 2. The lowest BCUT2D eigenvalue weighted by Crippen LogP contribution is -2.40. The average molecular weight is 354 g/mol. The molecule has 0 bridgehead atoms. The van der Waals surface area contributed by atoms with Crippen molar-refractivity contribution in [3.05, 3.63) is 36.2 Å². The van der Waals surface area contributed by atoms with E-state index < -0.39 is 0 Å². The molecule has 0 aromatic carbocycles. The van der Waals surface area contributed by atoms with Gasteiger partial charge in [-0.3, -0.25) is 4.98 Å². The van der Waals surface area contributed by atoms with Crippen LogP contribution >= 0.6 is 0 Å². The van der Waals surface area contributed by atoms with E-state index in [2.05, 4.69) is 39.2 Å². The average Bonchev–Trinajstić information content (AvgIpc) is 3.05. The molecule has 0 radical (unpaired) electrons. The van der Waals surface area contributed by atoms with Gasteiger partial charge in [0.15, 0.2) is 11.6 Å². The molecule has 0 aliphatic carbocycles. The van der Waals surface area contributed by atoms with Crippen LogP contribution in [0.5, 0.6) is 0 Å². The minimum absolute atomic E-state index is 0.166. The van der Waals surface area contributed by atoms with Crippen LogP contribution in [0, 0.1) is 5.21 Å². The Morgan fingerprint density at radius 3 is 3.00 bits per heavy atom. The van der Waals surface area contributed by atoms with Gasteiger partial charge in [0.2, 0.25) is 0 Å². The second kappa shape index (κ2) is 6.50. The zero-order valence-electron chi connectivity index (χ0n) is 14.6. The molecule has 1 aliphatic heterocycles. The predicted molar refractivity (Wildman–Crippen MR) is 97.7 cm³/mol. The zero-order chi connectivity index (χ0) is 18.1. The Morgan fingerprint density at radius 2 is 2.19 bits per heavy atom. The molecule has 4 heterocycles. The second-order valence-corrected chi connectivity index (χ2v) is 6.96. The van der Waals surface area contributed by atoms with Crippen molar-refractivity contribution in [1.29, 1.82) is 0 Å². The molecule has 1 atom stereocenters. The summed E-state index contributed by atoms with van der Waals surface area (Å²) in [5.41, 5.74) is 3.58. The summed E-state index contributed by atoms with van der Waals surface area (Å²) in [6, 6.07) is 0.166. The minimum Gasteiger partial charge on any atom is -0.761 e. The summed E-state index contributed by atoms with van der Waals surface area (Å²) >= 11 is 0. The van der Waals surface area contributed by atoms with Gasteiger partial charge in [0, 0.05) is 25.0 Å². The highest BCUT2D eigenvalue weighted by Gasteiger charge is 2.29. The fourth-order valence-corrected chi connectivity index (χ4v) is 3.25. The molecule has 0 amide bonds. The number of nitrogens with one attached hydrogen (secondary N) is 2. The number of hydrogen-bond acceptors (Lipinski definition) is 8. The number of fused-ring (bicyclic) bond motifs is 1. The number of hydrogen-bond donors (Lipinski definition) is 2. The Labute approximate surface area is 150 Å². The molecule has 26 heavy (non-hydrogen) atoms. The lowest BCUT2D eigenvalue weighted by atomic mass is 9.94. The van der Waals surface area contributed by atoms with E-state index in [0.29, 0.717) is 23.9 Å². The van der Waals surface area contributed by atoms with E-state index >= 15 is 0 Å². The van der Waals surface area contributed by atoms with Crippen LogP contribution in [0.3, 0.4) is 0 Å². The third kappa shape index (κ3) is 3.18. The lowest BCUT2D eigenvalue weighted by molar-refractivity contribution is -0.0553. The fraction of sp³-hybridized carbons (Fsp3) is 0.412. The molecule has 1 fully saturated rings. The third-order valence-corrected chi connectivity index (χ3v) is 4.50. The quantitative estimate of drug-likeness (QED) is 0.687. The largest absolute Gasteiger partial charge is 0.761 e. The van der Waals surface area contributed by atoms with E-state index in [1.54, 1.807) is 29.3 Å². The molecule has 2 N–H and O–H groups in total. The highest BCUT2D eigenvalue weighted by Crippen LogP contribution is 2.30. The summed E-state index contributed by atoms with van der Waals surface area (Å²) in [5.74, 6) is 0.969. The van der Waals surface area contributed by atoms with Crippen molar-refractivity contribution in [3.63, 3.8) is 0 Å². The normalized spacial score (nSPS) is 19.4. The van der Waals surface area contributed by atoms with Crippen molar-refractivity contribution in [2.24, 2.45) is 0 Å². The van der Waals surface area contributed by atoms with Crippen LogP contribution in [0.4, 0.5) is 11.5 Å². The molecule has 4 rings (SSSR count). The summed E-state index contributed by atoms with van der Waals surface area (Å²) in [6.45, 7) is 4.79. The molecule has 1 saturated heterocycles. The molecular weight excluding hydrogens is 334 g/mol. The van der Waals surface area contributed by atoms with Gasteiger partial charge in [-0.1, -0.05) is 0 Å². The molecule has 3 aromatic heterocycles. The second-order valence-electron chi connectivity index (χ2n) is 6.96. The minimum atomic E-state index is -0.203. The van der Waals surface area contributed by atoms with Gasteiger partial charge < -0.3 is 20.7 Å². The molecule has 9 nitrogen and oxygen atoms in total. The monoisotopic (exact) mass is 354 g/mol. The van der Waals surface area contributed by atoms with Crippen LogP contribution in [0.15, 0.2) is 31.0 Å². The van der Waals surface area contributed by atoms with Crippen molar-refractivity contribution < 1.29 is 4.74 Å². The summed E-state index contributed by atoms with van der Waals surface area (Å²) in [7, 11) is 0. The van der Waals surface area contributed by atoms with Gasteiger partial charge in [0.1, 0.15) is 0 Å². The van der Waals surface area contributed by atoms with E-state index in [4.69, 9.17) is 4.74 Å². The van der Waals surface area contributed by atoms with Crippen LogP contribution in [0.2, 0.25) is 0 Å². The number of aromatic nitrogens is 5. The standard InChI is InChI=1S/C17H20N7O2/c1-17(2)7-11(3-6-26-17)21-16-13(23-25)9-19-15(22-16)12-8-20-24-5-4-18-10-14(12)24/h4-5,8-11,23H,3,6-7H2,1-2H3,(H,19,21,22)/q-1. The molecule has 9 heteroatoms. The molecule has 3 aromatic rings. The van der Waals surface area contributed by atoms with Gasteiger partial charge in [0.25, 0.3) is 0 Å². The summed E-state index contributed by atoms with van der Waals surface area (Å²) in [6.07, 6.45) is 9.98. The highest BCUT2D eigenvalue weighted by molar-refractivity contribution is 5.77. The Kier molecular flexibility index (Phi) is 4.17. The molecule has 1 unspecified atom stereocenters. The first kappa shape index (κ1) is 16.7. The molecule has 1 aliphatic rings. The summed E-state index contributed by atoms with van der Waals surface area (Å²) < 4.78 is 7.46. The van der Waals surface area contributed by atoms with Gasteiger partial charge in [-0.15, -0.1) is 0 Å². The summed E-state index contributed by atoms with van der Waals surface area (Å²) in [5, 5.41) is 19.0. The zero-order valence-corrected chi connectivity index (χ0v) is 14.6. The molecule has 136 valence electrons. The van der Waals surface area contributed by atoms with Crippen molar-refractivity contribution >= 4 is 17.0 Å². The van der Waals surface area contributed by atoms with E-state index in [-0.39, 0.29) is 11.6 Å². The molecule has 0 spiro atoms. The Morgan fingerprint density at radius 1 is 1.31 bits per heavy atom. The van der Waals surface area contributed by atoms with Crippen LogP contribution in [0.1, 0.15) is 26.7 Å². The van der Waals surface area contributed by atoms with Crippen LogP contribution in [0.25, 0.3) is 16.9 Å². The molecule has 0 saturated carbocycles. The SMILES string of the molecule is CC1(C)CC(Nc2nc(-c3cnn4ccncc34)ncc2N[O-])CCO1. The maximum Gasteiger partial charge on any atom is 0.165 e. The van der Waals surface area contributed by atoms with Gasteiger partial charge in [-0.05, 0) is 26.7 Å². The molecular formula is C17H20N7O2-. The maximum atomic E-state index is 11.3. The first-order chi connectivity index (χ1) is 12.6. The van der Waals surface area contributed by atoms with Gasteiger partial charge >= 0.3 is 0 Å². The van der Waals surface area contributed by atoms with E-state index in [0.717, 1.165) is 23.9 Å². The van der Waals surface area contributed by atoms with Crippen molar-refractivity contribution in [2.45, 2.75) is 38.3 Å². The first-order valence-corrected chi connectivity index (χ1v) is 8.49. The maximum absolute atomic E-state index is 11.3. The fourth-order valence-electron chi connectivity index (χ4n) is 3.25. The number of nitrogens with zero attached hydrogens (tertiary/aromatic N) is 5. The number of ether oxygens (including phenoxy) is 1. The van der Waals surface area contributed by atoms with Gasteiger partial charge in [-0.2, -0.15) is 5.10 Å². The summed E-state index contributed by atoms with van der Waals surface area (Å²) in [4.78, 5) is 13.0. The number of rotatable bonds is 4. The highest BCUT2D eigenvalue weighted by atomic mass is 16.5. The van der Waals surface area contributed by atoms with Crippen LogP contribution in [-0.4, -0.2) is 42.8 Å². The Bertz CT molecular complexity index is 924. The first-order valence-electron chi connectivity index (χ1n) is 8.49. The lowest BCUT2D eigenvalue weighted by Gasteiger charge is -2.36. The van der Waals surface area contributed by atoms with Gasteiger partial charge in [0.05, 0.1) is 41.0 Å². The predicted octanol–water partition coefficient (Wildman–Crippen LogP) is 2.47. The van der Waals surface area contributed by atoms with E-state index in [1.165, 1.54) is 6.20 Å². The van der Waals surface area contributed by atoms with Crippen LogP contribution < -0.4 is 10.8 Å². The van der Waals surface area contributed by atoms with E-state index in [1.807, 2.05) is 5.48 Å². The van der Waals surface area contributed by atoms with E-state index in [9.17, 15) is 5.21 Å². The topological polar surface area (TPSA) is 112 Å². The third-order valence-electron chi connectivity index (χ3n) is 4.50. The van der Waals surface area contributed by atoms with Crippen molar-refractivity contribution in [3.8, 4) is 11.4 Å². The Balaban J connectivity index is 1.67. The van der Waals surface area contributed by atoms with Gasteiger partial charge in [-0.25, -0.2) is 14.5 Å². The smallest absolute Gasteiger partial charge is 0.165 e. The van der Waals surface area contributed by atoms with Crippen molar-refractivity contribution in [2.75, 3.05) is 17.4 Å². The van der Waals surface area contributed by atoms with Crippen LogP contribution in [-0.2, 0) is 4.74 Å². The Hall–Kier alpha value is -2.78. The van der Waals surface area contributed by atoms with Crippen molar-refractivity contribution in [1.82, 2.24) is 24.6 Å².